The minimum Gasteiger partial charge on any atom is -0.458 e. The van der Waals surface area contributed by atoms with E-state index in [2.05, 4.69) is 26.8 Å². The van der Waals surface area contributed by atoms with Crippen LogP contribution < -0.4 is 0 Å². The van der Waals surface area contributed by atoms with Gasteiger partial charge >= 0.3 is 5.97 Å². The van der Waals surface area contributed by atoms with E-state index in [-0.39, 0.29) is 17.5 Å². The van der Waals surface area contributed by atoms with Gasteiger partial charge in [-0.15, -0.1) is 0 Å². The van der Waals surface area contributed by atoms with Crippen molar-refractivity contribution in [2.45, 2.75) is 117 Å². The molecule has 3 saturated carbocycles. The lowest BCUT2D eigenvalue weighted by molar-refractivity contribution is -0.0666. The van der Waals surface area contributed by atoms with Gasteiger partial charge in [0.1, 0.15) is 6.10 Å². The Kier molecular flexibility index (Phi) is 7.63. The Hall–Kier alpha value is -1.65. The zero-order valence-electron chi connectivity index (χ0n) is 24.3. The number of hydrogen-bond acceptors (Lipinski definition) is 4. The van der Waals surface area contributed by atoms with Crippen LogP contribution in [0.3, 0.4) is 0 Å². The highest BCUT2D eigenvalue weighted by Gasteiger charge is 2.59. The zero-order chi connectivity index (χ0) is 27.3. The van der Waals surface area contributed by atoms with E-state index >= 15 is 0 Å². The molecule has 4 aliphatic carbocycles. The van der Waals surface area contributed by atoms with Crippen LogP contribution in [0.1, 0.15) is 109 Å². The molecule has 5 rings (SSSR count). The van der Waals surface area contributed by atoms with E-state index in [4.69, 9.17) is 4.74 Å². The van der Waals surface area contributed by atoms with Crippen LogP contribution in [-0.4, -0.2) is 34.0 Å². The molecule has 0 aliphatic heterocycles. The van der Waals surface area contributed by atoms with Gasteiger partial charge in [-0.2, -0.15) is 0 Å². The predicted molar refractivity (Wildman–Crippen MR) is 152 cm³/mol. The summed E-state index contributed by atoms with van der Waals surface area (Å²) in [6.07, 6.45) is 12.9. The molecule has 0 saturated heterocycles. The van der Waals surface area contributed by atoms with E-state index in [0.29, 0.717) is 29.2 Å². The predicted octanol–water partition coefficient (Wildman–Crippen LogP) is 7.34. The maximum Gasteiger partial charge on any atom is 0.338 e. The molecule has 2 N–H and O–H groups in total. The molecule has 4 heteroatoms. The lowest BCUT2D eigenvalue weighted by Crippen LogP contribution is -2.51. The van der Waals surface area contributed by atoms with E-state index in [1.165, 1.54) is 32.1 Å². The molecule has 1 aromatic rings. The average Bonchev–Trinajstić information content (AvgIpc) is 3.24. The van der Waals surface area contributed by atoms with E-state index in [1.54, 1.807) is 19.4 Å². The van der Waals surface area contributed by atoms with Gasteiger partial charge in [-0.3, -0.25) is 0 Å². The number of aliphatic hydroxyl groups is 2. The van der Waals surface area contributed by atoms with E-state index in [9.17, 15) is 15.0 Å². The van der Waals surface area contributed by atoms with E-state index < -0.39 is 11.7 Å². The molecule has 0 spiro atoms. The van der Waals surface area contributed by atoms with Crippen LogP contribution in [0, 0.1) is 40.4 Å². The van der Waals surface area contributed by atoms with Gasteiger partial charge in [0.25, 0.3) is 0 Å². The Bertz CT molecular complexity index is 1020. The normalized spacial score (nSPS) is 38.3. The SMILES string of the molecule is C[C@H](CC[C@@H](O)C(C)(C)O)[C@H]1CC[C@H]2[C@@H]3CC=C4C[C@@H](OC(=O)c5ccccc5)CC[C@]4(C)[C@H]3CC[C@]12C. The van der Waals surface area contributed by atoms with Crippen LogP contribution in [0.4, 0.5) is 0 Å². The number of rotatable bonds is 7. The van der Waals surface area contributed by atoms with Crippen molar-refractivity contribution in [3.63, 3.8) is 0 Å². The number of fused-ring (bicyclic) bond motifs is 5. The fraction of sp³-hybridized carbons (Fsp3) is 0.735. The molecule has 0 amide bonds. The minimum absolute atomic E-state index is 0.0107. The van der Waals surface area contributed by atoms with E-state index in [0.717, 1.165) is 43.4 Å². The highest BCUT2D eigenvalue weighted by molar-refractivity contribution is 5.89. The molecule has 4 nitrogen and oxygen atoms in total. The van der Waals surface area contributed by atoms with Crippen molar-refractivity contribution in [1.29, 1.82) is 0 Å². The van der Waals surface area contributed by atoms with E-state index in [1.807, 2.05) is 30.3 Å². The summed E-state index contributed by atoms with van der Waals surface area (Å²) in [5.41, 5.74) is 1.78. The Morgan fingerprint density at radius 2 is 1.79 bits per heavy atom. The molecule has 3 fully saturated rings. The van der Waals surface area contributed by atoms with Gasteiger partial charge in [0.2, 0.25) is 0 Å². The summed E-state index contributed by atoms with van der Waals surface area (Å²) in [7, 11) is 0. The molecular formula is C34H50O4. The third-order valence-corrected chi connectivity index (χ3v) is 11.8. The van der Waals surface area contributed by atoms with Crippen molar-refractivity contribution >= 4 is 5.97 Å². The summed E-state index contributed by atoms with van der Waals surface area (Å²) >= 11 is 0. The third-order valence-electron chi connectivity index (χ3n) is 11.8. The van der Waals surface area contributed by atoms with Crippen LogP contribution in [0.2, 0.25) is 0 Å². The first kappa shape index (κ1) is 27.9. The Morgan fingerprint density at radius 1 is 1.05 bits per heavy atom. The van der Waals surface area contributed by atoms with Crippen LogP contribution in [0.5, 0.6) is 0 Å². The highest BCUT2D eigenvalue weighted by atomic mass is 16.5. The summed E-state index contributed by atoms with van der Waals surface area (Å²) in [4.78, 5) is 12.7. The quantitative estimate of drug-likeness (QED) is 0.290. The molecule has 0 heterocycles. The minimum atomic E-state index is -1.03. The molecule has 0 radical (unpaired) electrons. The van der Waals surface area contributed by atoms with Crippen molar-refractivity contribution in [2.75, 3.05) is 0 Å². The first-order chi connectivity index (χ1) is 17.9. The monoisotopic (exact) mass is 522 g/mol. The second kappa shape index (κ2) is 10.4. The molecule has 0 bridgehead atoms. The molecule has 210 valence electrons. The van der Waals surface area contributed by atoms with Gasteiger partial charge in [0.15, 0.2) is 0 Å². The number of carbonyl (C=O) groups excluding carboxylic acids is 1. The van der Waals surface area contributed by atoms with Crippen molar-refractivity contribution in [1.82, 2.24) is 0 Å². The fourth-order valence-electron chi connectivity index (χ4n) is 9.47. The molecule has 9 atom stereocenters. The average molecular weight is 523 g/mol. The van der Waals surface area contributed by atoms with Gasteiger partial charge in [0.05, 0.1) is 17.3 Å². The molecule has 0 unspecified atom stereocenters. The van der Waals surface area contributed by atoms with Gasteiger partial charge in [0, 0.05) is 6.42 Å². The molecule has 1 aromatic carbocycles. The molecule has 4 aliphatic rings. The van der Waals surface area contributed by atoms with Gasteiger partial charge in [-0.25, -0.2) is 4.79 Å². The number of carbonyl (C=O) groups is 1. The van der Waals surface area contributed by atoms with Gasteiger partial charge in [-0.05, 0) is 124 Å². The lowest BCUT2D eigenvalue weighted by Gasteiger charge is -2.58. The van der Waals surface area contributed by atoms with Crippen molar-refractivity contribution in [3.8, 4) is 0 Å². The number of benzene rings is 1. The smallest absolute Gasteiger partial charge is 0.338 e. The maximum absolute atomic E-state index is 12.7. The maximum atomic E-state index is 12.7. The van der Waals surface area contributed by atoms with Crippen molar-refractivity contribution < 1.29 is 19.7 Å². The second-order valence-electron chi connectivity index (χ2n) is 14.3. The number of ether oxygens (including phenoxy) is 1. The van der Waals surface area contributed by atoms with Crippen LogP contribution in [0.15, 0.2) is 42.0 Å². The standard InChI is InChI=1S/C34H50O4/c1-22(11-16-30(35)32(2,3)37)27-14-15-28-26-13-12-24-21-25(38-31(36)23-9-7-6-8-10-23)17-19-33(24,4)29(26)18-20-34(27,28)5/h6-10,12,22,25-30,35,37H,11,13-21H2,1-5H3/t22-,25+,26+,27-,28+,29+,30-,33+,34-/m1/s1. The Morgan fingerprint density at radius 3 is 2.50 bits per heavy atom. The zero-order valence-corrected chi connectivity index (χ0v) is 24.3. The van der Waals surface area contributed by atoms with Crippen molar-refractivity contribution in [2.24, 2.45) is 40.4 Å². The van der Waals surface area contributed by atoms with Crippen LogP contribution in [-0.2, 0) is 4.74 Å². The molecule has 0 aromatic heterocycles. The molecule has 38 heavy (non-hydrogen) atoms. The third kappa shape index (κ3) is 5.01. The number of hydrogen-bond donors (Lipinski definition) is 2. The number of allylic oxidation sites excluding steroid dienone is 1. The molecular weight excluding hydrogens is 472 g/mol. The fourth-order valence-corrected chi connectivity index (χ4v) is 9.47. The Balaban J connectivity index is 1.25. The summed E-state index contributed by atoms with van der Waals surface area (Å²) < 4.78 is 5.98. The summed E-state index contributed by atoms with van der Waals surface area (Å²) in [6.45, 7) is 10.9. The van der Waals surface area contributed by atoms with Crippen molar-refractivity contribution in [3.05, 3.63) is 47.5 Å². The number of aliphatic hydroxyl groups excluding tert-OH is 1. The Labute approximate surface area is 230 Å². The first-order valence-corrected chi connectivity index (χ1v) is 15.3. The number of esters is 1. The lowest BCUT2D eigenvalue weighted by atomic mass is 9.47. The second-order valence-corrected chi connectivity index (χ2v) is 14.3. The first-order valence-electron chi connectivity index (χ1n) is 15.3. The van der Waals surface area contributed by atoms with Crippen LogP contribution >= 0.6 is 0 Å². The van der Waals surface area contributed by atoms with Gasteiger partial charge < -0.3 is 14.9 Å². The summed E-state index contributed by atoms with van der Waals surface area (Å²) in [5.74, 6) is 3.34. The summed E-state index contributed by atoms with van der Waals surface area (Å²) in [5, 5.41) is 20.6. The largest absolute Gasteiger partial charge is 0.458 e. The highest BCUT2D eigenvalue weighted by Crippen LogP contribution is 2.67. The van der Waals surface area contributed by atoms with Crippen LogP contribution in [0.25, 0.3) is 0 Å². The topological polar surface area (TPSA) is 66.8 Å². The summed E-state index contributed by atoms with van der Waals surface area (Å²) in [6, 6.07) is 9.39. The van der Waals surface area contributed by atoms with Gasteiger partial charge in [-0.1, -0.05) is 50.6 Å².